The van der Waals surface area contributed by atoms with E-state index in [2.05, 4.69) is 0 Å². The summed E-state index contributed by atoms with van der Waals surface area (Å²) in [4.78, 5) is 12.2. The van der Waals surface area contributed by atoms with Crippen LogP contribution in [-0.2, 0) is 4.79 Å². The summed E-state index contributed by atoms with van der Waals surface area (Å²) in [7, 11) is 0. The van der Waals surface area contributed by atoms with E-state index in [9.17, 15) is 9.90 Å². The average Bonchev–Trinajstić information content (AvgIpc) is 3.07. The third kappa shape index (κ3) is 1.85. The smallest absolute Gasteiger partial charge is 0.171 e. The first kappa shape index (κ1) is 11.2. The van der Waals surface area contributed by atoms with Crippen molar-refractivity contribution >= 4 is 5.78 Å². The van der Waals surface area contributed by atoms with Crippen molar-refractivity contribution in [2.75, 3.05) is 0 Å². The highest BCUT2D eigenvalue weighted by atomic mass is 16.5. The van der Waals surface area contributed by atoms with Crippen molar-refractivity contribution in [3.8, 4) is 0 Å². The number of aliphatic hydroxyl groups excluding tert-OH is 1. The summed E-state index contributed by atoms with van der Waals surface area (Å²) in [5.74, 6) is 0.0296. The molecule has 88 valence electrons. The molecule has 0 aromatic heterocycles. The normalized spacial score (nSPS) is 25.8. The number of rotatable bonds is 4. The van der Waals surface area contributed by atoms with Crippen LogP contribution in [0.3, 0.4) is 0 Å². The first-order valence-electron chi connectivity index (χ1n) is 5.77. The minimum absolute atomic E-state index is 0.000278. The maximum Gasteiger partial charge on any atom is 0.171 e. The maximum absolute atomic E-state index is 12.2. The number of ketones is 1. The summed E-state index contributed by atoms with van der Waals surface area (Å²) in [6.07, 6.45) is 4.96. The summed E-state index contributed by atoms with van der Waals surface area (Å²) < 4.78 is 0. The van der Waals surface area contributed by atoms with Crippen molar-refractivity contribution in [3.05, 3.63) is 23.1 Å². The predicted molar refractivity (Wildman–Crippen MR) is 58.8 cm³/mol. The molecule has 0 spiro atoms. The van der Waals surface area contributed by atoms with Gasteiger partial charge in [-0.3, -0.25) is 15.5 Å². The van der Waals surface area contributed by atoms with Gasteiger partial charge >= 0.3 is 0 Å². The van der Waals surface area contributed by atoms with Crippen molar-refractivity contribution in [2.45, 2.75) is 32.6 Å². The van der Waals surface area contributed by atoms with E-state index in [4.69, 9.17) is 5.21 Å². The number of carbonyl (C=O) groups excluding carboxylic acids is 1. The third-order valence-electron chi connectivity index (χ3n) is 3.24. The van der Waals surface area contributed by atoms with Gasteiger partial charge in [0.15, 0.2) is 5.78 Å². The Morgan fingerprint density at radius 1 is 1.50 bits per heavy atom. The van der Waals surface area contributed by atoms with Crippen LogP contribution in [0.15, 0.2) is 23.1 Å². The molecule has 1 fully saturated rings. The van der Waals surface area contributed by atoms with E-state index in [1.54, 1.807) is 0 Å². The Balaban J connectivity index is 2.31. The van der Waals surface area contributed by atoms with Gasteiger partial charge in [0.1, 0.15) is 5.76 Å². The molecule has 0 saturated heterocycles. The molecule has 0 radical (unpaired) electrons. The predicted octanol–water partition coefficient (Wildman–Crippen LogP) is 2.07. The summed E-state index contributed by atoms with van der Waals surface area (Å²) in [6.45, 7) is 1.98. The van der Waals surface area contributed by atoms with Gasteiger partial charge in [0.25, 0.3) is 0 Å². The van der Waals surface area contributed by atoms with Crippen LogP contribution < -0.4 is 5.48 Å². The van der Waals surface area contributed by atoms with Crippen LogP contribution in [0.25, 0.3) is 0 Å². The second-order valence-corrected chi connectivity index (χ2v) is 4.50. The lowest BCUT2D eigenvalue weighted by Crippen LogP contribution is -2.31. The molecule has 2 aliphatic rings. The number of allylic oxidation sites excluding steroid dienone is 3. The number of hydroxylamine groups is 1. The van der Waals surface area contributed by atoms with Gasteiger partial charge in [-0.1, -0.05) is 13.3 Å². The molecule has 0 aromatic rings. The zero-order chi connectivity index (χ0) is 11.7. The molecule has 1 saturated carbocycles. The molecular weight excluding hydrogens is 206 g/mol. The molecule has 2 aliphatic carbocycles. The highest BCUT2D eigenvalue weighted by molar-refractivity contribution is 6.01. The third-order valence-corrected chi connectivity index (χ3v) is 3.24. The molecule has 0 heterocycles. The standard InChI is InChI=1S/C12H17NO3/c1-2-3-8-10(14)6-9(13-16)11(12(8)15)7-4-5-7/h6-7,11,13-14,16H,2-5H2,1H3. The second-order valence-electron chi connectivity index (χ2n) is 4.50. The van der Waals surface area contributed by atoms with E-state index in [0.29, 0.717) is 23.6 Å². The van der Waals surface area contributed by atoms with Gasteiger partial charge in [0.05, 0.1) is 11.6 Å². The van der Waals surface area contributed by atoms with E-state index in [1.807, 2.05) is 12.4 Å². The molecule has 16 heavy (non-hydrogen) atoms. The summed E-state index contributed by atoms with van der Waals surface area (Å²) in [5, 5.41) is 18.7. The number of hydrogen-bond acceptors (Lipinski definition) is 4. The van der Waals surface area contributed by atoms with Gasteiger partial charge in [0.2, 0.25) is 0 Å². The molecule has 1 unspecified atom stereocenters. The van der Waals surface area contributed by atoms with E-state index >= 15 is 0 Å². The van der Waals surface area contributed by atoms with Crippen molar-refractivity contribution in [3.63, 3.8) is 0 Å². The van der Waals surface area contributed by atoms with Gasteiger partial charge < -0.3 is 5.11 Å². The molecule has 2 rings (SSSR count). The van der Waals surface area contributed by atoms with Crippen LogP contribution in [0, 0.1) is 11.8 Å². The highest BCUT2D eigenvalue weighted by Gasteiger charge is 2.42. The molecule has 3 N–H and O–H groups in total. The van der Waals surface area contributed by atoms with E-state index in [1.165, 1.54) is 6.08 Å². The van der Waals surface area contributed by atoms with Crippen molar-refractivity contribution in [1.82, 2.24) is 5.48 Å². The topological polar surface area (TPSA) is 69.6 Å². The van der Waals surface area contributed by atoms with Gasteiger partial charge in [-0.05, 0) is 25.2 Å². The minimum Gasteiger partial charge on any atom is -0.507 e. The Hall–Kier alpha value is -1.29. The fourth-order valence-electron chi connectivity index (χ4n) is 2.28. The van der Waals surface area contributed by atoms with E-state index in [0.717, 1.165) is 19.3 Å². The molecule has 4 heteroatoms. The van der Waals surface area contributed by atoms with Crippen LogP contribution in [0.1, 0.15) is 32.6 Å². The van der Waals surface area contributed by atoms with E-state index in [-0.39, 0.29) is 17.5 Å². The minimum atomic E-state index is -0.276. The first-order valence-corrected chi connectivity index (χ1v) is 5.77. The quantitative estimate of drug-likeness (QED) is 0.638. The Labute approximate surface area is 94.6 Å². The zero-order valence-electron chi connectivity index (χ0n) is 9.36. The Morgan fingerprint density at radius 3 is 2.69 bits per heavy atom. The number of hydrogen-bond donors (Lipinski definition) is 3. The monoisotopic (exact) mass is 223 g/mol. The van der Waals surface area contributed by atoms with Crippen molar-refractivity contribution in [2.24, 2.45) is 11.8 Å². The zero-order valence-corrected chi connectivity index (χ0v) is 9.36. The van der Waals surface area contributed by atoms with Crippen LogP contribution in [-0.4, -0.2) is 16.1 Å². The molecule has 0 aliphatic heterocycles. The Bertz CT molecular complexity index is 366. The second kappa shape index (κ2) is 4.29. The summed E-state index contributed by atoms with van der Waals surface area (Å²) in [5.41, 5.74) is 2.99. The molecule has 4 nitrogen and oxygen atoms in total. The lowest BCUT2D eigenvalue weighted by molar-refractivity contribution is -0.119. The van der Waals surface area contributed by atoms with Crippen LogP contribution in [0.5, 0.6) is 0 Å². The average molecular weight is 223 g/mol. The van der Waals surface area contributed by atoms with Crippen LogP contribution in [0.2, 0.25) is 0 Å². The number of Topliss-reactive ketones (excluding diaryl/α,β-unsaturated/α-hetero) is 1. The molecule has 0 amide bonds. The van der Waals surface area contributed by atoms with Gasteiger partial charge in [-0.2, -0.15) is 0 Å². The van der Waals surface area contributed by atoms with Crippen molar-refractivity contribution in [1.29, 1.82) is 0 Å². The number of carbonyl (C=O) groups is 1. The molecule has 0 bridgehead atoms. The number of nitrogens with one attached hydrogen (secondary N) is 1. The Kier molecular flexibility index (Phi) is 3.01. The highest BCUT2D eigenvalue weighted by Crippen LogP contribution is 2.43. The summed E-state index contributed by atoms with van der Waals surface area (Å²) >= 11 is 0. The van der Waals surface area contributed by atoms with Crippen LogP contribution in [0.4, 0.5) is 0 Å². The maximum atomic E-state index is 12.2. The molecular formula is C12H17NO3. The van der Waals surface area contributed by atoms with Crippen molar-refractivity contribution < 1.29 is 15.1 Å². The SMILES string of the molecule is CCCC1=C(O)C=C(NO)C(C2CC2)C1=O. The summed E-state index contributed by atoms with van der Waals surface area (Å²) in [6, 6.07) is 0. The van der Waals surface area contributed by atoms with Gasteiger partial charge in [-0.15, -0.1) is 0 Å². The van der Waals surface area contributed by atoms with Crippen LogP contribution >= 0.6 is 0 Å². The molecule has 0 aromatic carbocycles. The van der Waals surface area contributed by atoms with Gasteiger partial charge in [0, 0.05) is 11.6 Å². The lowest BCUT2D eigenvalue weighted by atomic mass is 9.84. The van der Waals surface area contributed by atoms with Gasteiger partial charge in [-0.25, -0.2) is 0 Å². The Morgan fingerprint density at radius 2 is 2.19 bits per heavy atom. The lowest BCUT2D eigenvalue weighted by Gasteiger charge is -2.24. The fourth-order valence-corrected chi connectivity index (χ4v) is 2.28. The fraction of sp³-hybridized carbons (Fsp3) is 0.583. The first-order chi connectivity index (χ1) is 7.69. The number of aliphatic hydroxyl groups is 1. The molecule has 1 atom stereocenters. The largest absolute Gasteiger partial charge is 0.507 e. The van der Waals surface area contributed by atoms with E-state index < -0.39 is 0 Å².